The van der Waals surface area contributed by atoms with Crippen molar-refractivity contribution >= 4 is 11.9 Å². The highest BCUT2D eigenvalue weighted by Crippen LogP contribution is 2.31. The number of ether oxygens (including phenoxy) is 4. The van der Waals surface area contributed by atoms with Crippen LogP contribution in [-0.4, -0.2) is 39.3 Å². The predicted molar refractivity (Wildman–Crippen MR) is 75.8 cm³/mol. The Morgan fingerprint density at radius 1 is 1.10 bits per heavy atom. The Kier molecular flexibility index (Phi) is 4.84. The van der Waals surface area contributed by atoms with Crippen LogP contribution in [0.2, 0.25) is 0 Å². The summed E-state index contributed by atoms with van der Waals surface area (Å²) in [5, 5.41) is 0. The molecule has 6 heteroatoms. The standard InChI is InChI=1S/C15H20O6/c1-5-20-14(16)8-10-7-12(18-3)13(19-4)9-11(10)15(17)21-6-2/h7,9H,5-6,8H2,1-4H3/i3D3. The van der Waals surface area contributed by atoms with Crippen molar-refractivity contribution in [2.24, 2.45) is 0 Å². The van der Waals surface area contributed by atoms with E-state index < -0.39 is 19.0 Å². The van der Waals surface area contributed by atoms with Crippen molar-refractivity contribution < 1.29 is 32.6 Å². The predicted octanol–water partition coefficient (Wildman–Crippen LogP) is 1.99. The third-order valence-corrected chi connectivity index (χ3v) is 2.63. The number of esters is 2. The number of hydrogen-bond acceptors (Lipinski definition) is 6. The van der Waals surface area contributed by atoms with Crippen molar-refractivity contribution in [3.05, 3.63) is 23.3 Å². The molecular weight excluding hydrogens is 276 g/mol. The van der Waals surface area contributed by atoms with Crippen molar-refractivity contribution in [1.82, 2.24) is 0 Å². The van der Waals surface area contributed by atoms with E-state index >= 15 is 0 Å². The van der Waals surface area contributed by atoms with Crippen LogP contribution in [0.4, 0.5) is 0 Å². The van der Waals surface area contributed by atoms with Gasteiger partial charge in [0.25, 0.3) is 0 Å². The van der Waals surface area contributed by atoms with Crippen molar-refractivity contribution in [1.29, 1.82) is 0 Å². The van der Waals surface area contributed by atoms with E-state index in [1.807, 2.05) is 0 Å². The zero-order chi connectivity index (χ0) is 18.3. The summed E-state index contributed by atoms with van der Waals surface area (Å²) in [5.41, 5.74) is 0.312. The first-order valence-electron chi connectivity index (χ1n) is 7.94. The highest BCUT2D eigenvalue weighted by atomic mass is 16.5. The van der Waals surface area contributed by atoms with Gasteiger partial charge in [0.1, 0.15) is 0 Å². The quantitative estimate of drug-likeness (QED) is 0.717. The van der Waals surface area contributed by atoms with Crippen LogP contribution in [0.1, 0.15) is 33.9 Å². The summed E-state index contributed by atoms with van der Waals surface area (Å²) < 4.78 is 41.3. The fourth-order valence-corrected chi connectivity index (χ4v) is 1.75. The molecule has 116 valence electrons. The van der Waals surface area contributed by atoms with Gasteiger partial charge in [-0.3, -0.25) is 4.79 Å². The molecule has 1 aromatic carbocycles. The van der Waals surface area contributed by atoms with Crippen LogP contribution in [-0.2, 0) is 20.7 Å². The number of carbonyl (C=O) groups excluding carboxylic acids is 2. The van der Waals surface area contributed by atoms with Crippen LogP contribution in [0.25, 0.3) is 0 Å². The Morgan fingerprint density at radius 2 is 1.76 bits per heavy atom. The maximum absolute atomic E-state index is 12.1. The third kappa shape index (κ3) is 4.37. The molecule has 1 aromatic rings. The summed E-state index contributed by atoms with van der Waals surface area (Å²) in [6.07, 6.45) is -0.233. The topological polar surface area (TPSA) is 71.1 Å². The van der Waals surface area contributed by atoms with E-state index in [2.05, 4.69) is 0 Å². The van der Waals surface area contributed by atoms with Gasteiger partial charge in [-0.1, -0.05) is 0 Å². The lowest BCUT2D eigenvalue weighted by atomic mass is 10.0. The molecule has 0 unspecified atom stereocenters. The van der Waals surface area contributed by atoms with Crippen LogP contribution >= 0.6 is 0 Å². The Labute approximate surface area is 128 Å². The molecule has 0 aliphatic rings. The van der Waals surface area contributed by atoms with Gasteiger partial charge in [-0.15, -0.1) is 0 Å². The maximum Gasteiger partial charge on any atom is 0.338 e. The molecule has 0 aromatic heterocycles. The summed E-state index contributed by atoms with van der Waals surface area (Å²) in [6, 6.07) is 2.56. The fourth-order valence-electron chi connectivity index (χ4n) is 1.75. The van der Waals surface area contributed by atoms with Crippen molar-refractivity contribution in [3.63, 3.8) is 0 Å². The van der Waals surface area contributed by atoms with Gasteiger partial charge in [-0.2, -0.15) is 0 Å². The second-order valence-electron chi connectivity index (χ2n) is 3.96. The lowest BCUT2D eigenvalue weighted by molar-refractivity contribution is -0.142. The number of rotatable bonds is 7. The van der Waals surface area contributed by atoms with E-state index in [4.69, 9.17) is 23.1 Å². The van der Waals surface area contributed by atoms with Crippen molar-refractivity contribution in [2.45, 2.75) is 20.3 Å². The summed E-state index contributed by atoms with van der Waals surface area (Å²) in [4.78, 5) is 23.8. The molecule has 0 saturated heterocycles. The van der Waals surface area contributed by atoms with Gasteiger partial charge in [-0.25, -0.2) is 4.79 Å². The molecule has 0 fully saturated rings. The largest absolute Gasteiger partial charge is 0.493 e. The van der Waals surface area contributed by atoms with Gasteiger partial charge in [-0.05, 0) is 31.5 Å². The molecule has 0 heterocycles. The second kappa shape index (κ2) is 8.14. The SMILES string of the molecule is [2H]C([2H])([2H])Oc1cc(CC(=O)OCC)c(C(=O)OCC)cc1OC. The lowest BCUT2D eigenvalue weighted by Gasteiger charge is -2.14. The second-order valence-corrected chi connectivity index (χ2v) is 3.96. The molecule has 0 N–H and O–H groups in total. The minimum atomic E-state index is -2.71. The monoisotopic (exact) mass is 299 g/mol. The van der Waals surface area contributed by atoms with Gasteiger partial charge in [0.2, 0.25) is 0 Å². The van der Waals surface area contributed by atoms with E-state index in [1.165, 1.54) is 19.2 Å². The van der Waals surface area contributed by atoms with Gasteiger partial charge in [0.15, 0.2) is 11.5 Å². The van der Waals surface area contributed by atoms with Gasteiger partial charge >= 0.3 is 11.9 Å². The molecule has 0 spiro atoms. The Morgan fingerprint density at radius 3 is 2.33 bits per heavy atom. The van der Waals surface area contributed by atoms with Crippen molar-refractivity contribution in [2.75, 3.05) is 27.4 Å². The molecule has 0 radical (unpaired) electrons. The molecule has 1 rings (SSSR count). The first kappa shape index (κ1) is 12.5. The molecule has 0 atom stereocenters. The molecule has 21 heavy (non-hydrogen) atoms. The molecule has 0 aliphatic heterocycles. The minimum Gasteiger partial charge on any atom is -0.493 e. The van der Waals surface area contributed by atoms with E-state index in [9.17, 15) is 9.59 Å². The zero-order valence-corrected chi connectivity index (χ0v) is 12.2. The maximum atomic E-state index is 12.1. The summed E-state index contributed by atoms with van der Waals surface area (Å²) >= 11 is 0. The highest BCUT2D eigenvalue weighted by Gasteiger charge is 2.20. The first-order chi connectivity index (χ1) is 11.2. The summed E-state index contributed by atoms with van der Waals surface area (Å²) in [5.74, 6) is -1.28. The smallest absolute Gasteiger partial charge is 0.338 e. The van der Waals surface area contributed by atoms with E-state index in [0.29, 0.717) is 0 Å². The lowest BCUT2D eigenvalue weighted by Crippen LogP contribution is -2.14. The van der Waals surface area contributed by atoms with E-state index in [0.717, 1.165) is 0 Å². The normalized spacial score (nSPS) is 12.6. The summed E-state index contributed by atoms with van der Waals surface area (Å²) in [7, 11) is -1.40. The Bertz CT molecular complexity index is 598. The molecule has 0 bridgehead atoms. The van der Waals surface area contributed by atoms with Gasteiger partial charge in [0.05, 0.1) is 43.5 Å². The van der Waals surface area contributed by atoms with Crippen LogP contribution in [0.5, 0.6) is 11.5 Å². The molecule has 0 saturated carbocycles. The first-order valence-corrected chi connectivity index (χ1v) is 6.44. The zero-order valence-electron chi connectivity index (χ0n) is 15.2. The van der Waals surface area contributed by atoms with Crippen LogP contribution in [0.3, 0.4) is 0 Å². The minimum absolute atomic E-state index is 0.0433. The Hall–Kier alpha value is -2.24. The average molecular weight is 299 g/mol. The third-order valence-electron chi connectivity index (χ3n) is 2.63. The molecular formula is C15H20O6. The highest BCUT2D eigenvalue weighted by molar-refractivity contribution is 5.93. The number of benzene rings is 1. The molecule has 0 amide bonds. The van der Waals surface area contributed by atoms with Crippen molar-refractivity contribution in [3.8, 4) is 11.5 Å². The van der Waals surface area contributed by atoms with E-state index in [-0.39, 0.29) is 42.3 Å². The average Bonchev–Trinajstić information content (AvgIpc) is 2.46. The number of hydrogen-bond donors (Lipinski definition) is 0. The summed E-state index contributed by atoms with van der Waals surface area (Å²) in [6.45, 7) is 3.63. The van der Waals surface area contributed by atoms with E-state index in [1.54, 1.807) is 13.8 Å². The van der Waals surface area contributed by atoms with Gasteiger partial charge in [0, 0.05) is 0 Å². The van der Waals surface area contributed by atoms with Crippen LogP contribution in [0, 0.1) is 0 Å². The Balaban J connectivity index is 3.34. The fraction of sp³-hybridized carbons (Fsp3) is 0.467. The van der Waals surface area contributed by atoms with Gasteiger partial charge < -0.3 is 18.9 Å². The molecule has 6 nitrogen and oxygen atoms in total. The van der Waals surface area contributed by atoms with Crippen LogP contribution < -0.4 is 9.47 Å². The van der Waals surface area contributed by atoms with Crippen LogP contribution in [0.15, 0.2) is 12.1 Å². The number of methoxy groups -OCH3 is 2. The molecule has 0 aliphatic carbocycles. The number of carbonyl (C=O) groups is 2.